The van der Waals surface area contributed by atoms with Crippen molar-refractivity contribution >= 4 is 29.9 Å². The second-order valence-electron chi connectivity index (χ2n) is 6.28. The van der Waals surface area contributed by atoms with E-state index in [0.29, 0.717) is 36.3 Å². The maximum atomic E-state index is 5.53. The molecule has 0 spiro atoms. The number of guanidine groups is 1. The van der Waals surface area contributed by atoms with E-state index in [1.807, 2.05) is 30.3 Å². The van der Waals surface area contributed by atoms with Gasteiger partial charge in [-0.15, -0.1) is 24.0 Å². The number of halogens is 1. The maximum absolute atomic E-state index is 5.53. The van der Waals surface area contributed by atoms with Crippen LogP contribution in [-0.2, 0) is 13.0 Å². The Hall–Kier alpha value is -2.56. The normalized spacial score (nSPS) is 12.1. The van der Waals surface area contributed by atoms with Crippen molar-refractivity contribution in [3.8, 4) is 28.7 Å². The molecule has 1 aliphatic heterocycles. The highest BCUT2D eigenvalue weighted by molar-refractivity contribution is 14.0. The van der Waals surface area contributed by atoms with Gasteiger partial charge in [0.15, 0.2) is 29.0 Å². The number of ether oxygens (including phenoxy) is 5. The molecule has 3 rings (SSSR count). The lowest BCUT2D eigenvalue weighted by atomic mass is 10.1. The first kappa shape index (κ1) is 23.7. The Kier molecular flexibility index (Phi) is 9.15. The minimum absolute atomic E-state index is 0. The zero-order valence-corrected chi connectivity index (χ0v) is 19.9. The van der Waals surface area contributed by atoms with Gasteiger partial charge in [0.2, 0.25) is 12.5 Å². The van der Waals surface area contributed by atoms with E-state index in [1.54, 1.807) is 28.4 Å². The minimum atomic E-state index is 0. The molecule has 0 radical (unpaired) electrons. The Morgan fingerprint density at radius 1 is 0.967 bits per heavy atom. The summed E-state index contributed by atoms with van der Waals surface area (Å²) in [5, 5.41) is 6.61. The van der Waals surface area contributed by atoms with E-state index in [9.17, 15) is 0 Å². The van der Waals surface area contributed by atoms with Gasteiger partial charge in [-0.05, 0) is 30.2 Å². The van der Waals surface area contributed by atoms with Crippen molar-refractivity contribution in [2.24, 2.45) is 4.99 Å². The number of benzene rings is 2. The van der Waals surface area contributed by atoms with Crippen LogP contribution < -0.4 is 34.3 Å². The largest absolute Gasteiger partial charge is 0.493 e. The second kappa shape index (κ2) is 11.6. The molecule has 2 aromatic carbocycles. The molecule has 0 saturated carbocycles. The Morgan fingerprint density at radius 2 is 1.73 bits per heavy atom. The highest BCUT2D eigenvalue weighted by atomic mass is 127. The van der Waals surface area contributed by atoms with Crippen LogP contribution in [0, 0.1) is 0 Å². The van der Waals surface area contributed by atoms with Crippen LogP contribution in [0.15, 0.2) is 35.3 Å². The van der Waals surface area contributed by atoms with Gasteiger partial charge in [-0.3, -0.25) is 4.99 Å². The van der Waals surface area contributed by atoms with Crippen molar-refractivity contribution in [2.45, 2.75) is 13.0 Å². The molecule has 1 aliphatic rings. The first-order chi connectivity index (χ1) is 14.2. The van der Waals surface area contributed by atoms with Crippen molar-refractivity contribution in [1.29, 1.82) is 0 Å². The van der Waals surface area contributed by atoms with E-state index < -0.39 is 0 Å². The number of fused-ring (bicyclic) bond motifs is 1. The first-order valence-electron chi connectivity index (χ1n) is 9.31. The molecule has 0 unspecified atom stereocenters. The summed E-state index contributed by atoms with van der Waals surface area (Å²) in [6.07, 6.45) is 0.730. The van der Waals surface area contributed by atoms with E-state index in [1.165, 1.54) is 0 Å². The fraction of sp³-hybridized carbons (Fsp3) is 0.381. The summed E-state index contributed by atoms with van der Waals surface area (Å²) in [6, 6.07) is 9.74. The summed E-state index contributed by atoms with van der Waals surface area (Å²) in [6.45, 7) is 1.57. The van der Waals surface area contributed by atoms with E-state index >= 15 is 0 Å². The molecule has 0 fully saturated rings. The molecule has 2 aromatic rings. The summed E-state index contributed by atoms with van der Waals surface area (Å²) in [7, 11) is 6.57. The zero-order chi connectivity index (χ0) is 20.6. The average Bonchev–Trinajstić information content (AvgIpc) is 3.23. The van der Waals surface area contributed by atoms with Gasteiger partial charge in [-0.25, -0.2) is 0 Å². The molecule has 0 saturated heterocycles. The van der Waals surface area contributed by atoms with Crippen LogP contribution >= 0.6 is 24.0 Å². The van der Waals surface area contributed by atoms with Gasteiger partial charge in [0.25, 0.3) is 0 Å². The molecular formula is C21H28IN3O5. The summed E-state index contributed by atoms with van der Waals surface area (Å²) in [5.41, 5.74) is 2.10. The molecule has 30 heavy (non-hydrogen) atoms. The number of aliphatic imine (C=N–C) groups is 1. The number of nitrogens with one attached hydrogen (secondary N) is 2. The van der Waals surface area contributed by atoms with Crippen LogP contribution in [0.5, 0.6) is 28.7 Å². The van der Waals surface area contributed by atoms with E-state index in [-0.39, 0.29) is 30.8 Å². The SMILES string of the molecule is CN=C(NCCc1ccc(OC)c(OC)c1OC)NCc1ccc2c(c1)OCO2.I. The monoisotopic (exact) mass is 529 g/mol. The van der Waals surface area contributed by atoms with Crippen molar-refractivity contribution < 1.29 is 23.7 Å². The molecule has 164 valence electrons. The summed E-state index contributed by atoms with van der Waals surface area (Å²) < 4.78 is 27.1. The molecule has 0 aromatic heterocycles. The molecule has 0 aliphatic carbocycles. The highest BCUT2D eigenvalue weighted by Gasteiger charge is 2.16. The van der Waals surface area contributed by atoms with Gasteiger partial charge in [0.05, 0.1) is 21.3 Å². The fourth-order valence-electron chi connectivity index (χ4n) is 3.13. The van der Waals surface area contributed by atoms with E-state index in [2.05, 4.69) is 15.6 Å². The average molecular weight is 529 g/mol. The Morgan fingerprint density at radius 3 is 2.43 bits per heavy atom. The molecule has 0 atom stereocenters. The molecule has 0 amide bonds. The van der Waals surface area contributed by atoms with Crippen molar-refractivity contribution in [1.82, 2.24) is 10.6 Å². The molecule has 0 bridgehead atoms. The topological polar surface area (TPSA) is 82.6 Å². The van der Waals surface area contributed by atoms with Crippen molar-refractivity contribution in [3.63, 3.8) is 0 Å². The van der Waals surface area contributed by atoms with E-state index in [4.69, 9.17) is 23.7 Å². The van der Waals surface area contributed by atoms with Gasteiger partial charge in [0, 0.05) is 25.7 Å². The van der Waals surface area contributed by atoms with Gasteiger partial charge in [-0.2, -0.15) is 0 Å². The number of methoxy groups -OCH3 is 3. The van der Waals surface area contributed by atoms with Gasteiger partial charge in [-0.1, -0.05) is 12.1 Å². The number of hydrogen-bond donors (Lipinski definition) is 2. The lowest BCUT2D eigenvalue weighted by Gasteiger charge is -2.16. The van der Waals surface area contributed by atoms with Gasteiger partial charge < -0.3 is 34.3 Å². The van der Waals surface area contributed by atoms with Gasteiger partial charge >= 0.3 is 0 Å². The summed E-state index contributed by atoms with van der Waals surface area (Å²) >= 11 is 0. The highest BCUT2D eigenvalue weighted by Crippen LogP contribution is 2.39. The molecular weight excluding hydrogens is 501 g/mol. The number of rotatable bonds is 8. The smallest absolute Gasteiger partial charge is 0.231 e. The Balaban J connectivity index is 0.00000320. The lowest BCUT2D eigenvalue weighted by molar-refractivity contribution is 0.174. The molecule has 2 N–H and O–H groups in total. The predicted molar refractivity (Wildman–Crippen MR) is 126 cm³/mol. The molecule has 9 heteroatoms. The lowest BCUT2D eigenvalue weighted by Crippen LogP contribution is -2.37. The second-order valence-corrected chi connectivity index (χ2v) is 6.28. The van der Waals surface area contributed by atoms with Crippen LogP contribution in [-0.4, -0.2) is 47.7 Å². The summed E-state index contributed by atoms with van der Waals surface area (Å²) in [4.78, 5) is 4.27. The third kappa shape index (κ3) is 5.53. The predicted octanol–water partition coefficient (Wildman–Crippen LogP) is 2.97. The van der Waals surface area contributed by atoms with Gasteiger partial charge in [0.1, 0.15) is 0 Å². The van der Waals surface area contributed by atoms with Crippen LogP contribution in [0.25, 0.3) is 0 Å². The van der Waals surface area contributed by atoms with E-state index in [0.717, 1.165) is 29.0 Å². The standard InChI is InChI=1S/C21H27N3O5.HI/c1-22-21(24-12-14-5-7-16-18(11-14)29-13-28-16)23-10-9-15-6-8-17(25-2)20(27-4)19(15)26-3;/h5-8,11H,9-10,12-13H2,1-4H3,(H2,22,23,24);1H. The van der Waals surface area contributed by atoms with Crippen molar-refractivity contribution in [2.75, 3.05) is 41.7 Å². The third-order valence-electron chi connectivity index (χ3n) is 4.59. The minimum Gasteiger partial charge on any atom is -0.493 e. The van der Waals surface area contributed by atoms with Crippen LogP contribution in [0.3, 0.4) is 0 Å². The quantitative estimate of drug-likeness (QED) is 0.309. The zero-order valence-electron chi connectivity index (χ0n) is 17.6. The number of nitrogens with zero attached hydrogens (tertiary/aromatic N) is 1. The van der Waals surface area contributed by atoms with Crippen LogP contribution in [0.2, 0.25) is 0 Å². The fourth-order valence-corrected chi connectivity index (χ4v) is 3.13. The maximum Gasteiger partial charge on any atom is 0.231 e. The Bertz CT molecular complexity index is 876. The molecule has 8 nitrogen and oxygen atoms in total. The van der Waals surface area contributed by atoms with Crippen molar-refractivity contribution in [3.05, 3.63) is 41.5 Å². The van der Waals surface area contributed by atoms with Crippen LogP contribution in [0.4, 0.5) is 0 Å². The Labute approximate surface area is 193 Å². The third-order valence-corrected chi connectivity index (χ3v) is 4.59. The van der Waals surface area contributed by atoms with Crippen LogP contribution in [0.1, 0.15) is 11.1 Å². The first-order valence-corrected chi connectivity index (χ1v) is 9.31. The number of hydrogen-bond acceptors (Lipinski definition) is 6. The summed E-state index contributed by atoms with van der Waals surface area (Å²) in [5.74, 6) is 4.17. The molecule has 1 heterocycles.